The van der Waals surface area contributed by atoms with Gasteiger partial charge in [-0.25, -0.2) is 0 Å². The van der Waals surface area contributed by atoms with Crippen LogP contribution in [0.15, 0.2) is 29.3 Å². The third-order valence-electron chi connectivity index (χ3n) is 2.41. The van der Waals surface area contributed by atoms with Gasteiger partial charge in [-0.2, -0.15) is 0 Å². The van der Waals surface area contributed by atoms with Gasteiger partial charge in [0, 0.05) is 19.5 Å². The molecule has 2 N–H and O–H groups in total. The SMILES string of the molecule is CCCN=C1CCNc2ccccc2N1. The number of aliphatic imine (C=N–C) groups is 1. The number of fused-ring (bicyclic) bond motifs is 1. The maximum absolute atomic E-state index is 4.53. The molecule has 0 atom stereocenters. The van der Waals surface area contributed by atoms with Crippen LogP contribution < -0.4 is 10.6 Å². The van der Waals surface area contributed by atoms with Gasteiger partial charge in [-0.1, -0.05) is 19.1 Å². The monoisotopic (exact) mass is 203 g/mol. The van der Waals surface area contributed by atoms with Crippen molar-refractivity contribution in [3.05, 3.63) is 24.3 Å². The lowest BCUT2D eigenvalue weighted by atomic mass is 10.2. The number of benzene rings is 1. The van der Waals surface area contributed by atoms with Crippen LogP contribution in [0.3, 0.4) is 0 Å². The van der Waals surface area contributed by atoms with E-state index in [1.165, 1.54) is 5.69 Å². The van der Waals surface area contributed by atoms with Gasteiger partial charge >= 0.3 is 0 Å². The molecule has 0 aliphatic carbocycles. The minimum atomic E-state index is 0.907. The summed E-state index contributed by atoms with van der Waals surface area (Å²) >= 11 is 0. The lowest BCUT2D eigenvalue weighted by Gasteiger charge is -2.07. The van der Waals surface area contributed by atoms with Gasteiger partial charge in [0.15, 0.2) is 0 Å². The standard InChI is InChI=1S/C12H17N3/c1-2-8-14-12-7-9-13-10-5-3-4-6-11(10)15-12/h3-6,13H,2,7-9H2,1H3,(H,14,15). The summed E-state index contributed by atoms with van der Waals surface area (Å²) in [6.45, 7) is 4.00. The minimum Gasteiger partial charge on any atom is -0.383 e. The van der Waals surface area contributed by atoms with Crippen LogP contribution in [0.2, 0.25) is 0 Å². The van der Waals surface area contributed by atoms with E-state index in [1.807, 2.05) is 12.1 Å². The first kappa shape index (κ1) is 10.0. The zero-order valence-corrected chi connectivity index (χ0v) is 9.09. The first-order valence-corrected chi connectivity index (χ1v) is 5.53. The maximum Gasteiger partial charge on any atom is 0.102 e. The average molecular weight is 203 g/mol. The highest BCUT2D eigenvalue weighted by Crippen LogP contribution is 2.23. The Bertz CT molecular complexity index is 358. The molecule has 0 saturated carbocycles. The molecule has 0 aromatic heterocycles. The third kappa shape index (κ3) is 2.49. The number of nitrogens with zero attached hydrogens (tertiary/aromatic N) is 1. The second-order valence-electron chi connectivity index (χ2n) is 3.68. The summed E-state index contributed by atoms with van der Waals surface area (Å²) in [5, 5.41) is 6.77. The molecule has 0 amide bonds. The summed E-state index contributed by atoms with van der Waals surface area (Å²) < 4.78 is 0. The molecule has 1 heterocycles. The van der Waals surface area contributed by atoms with Crippen molar-refractivity contribution in [2.24, 2.45) is 4.99 Å². The first-order chi connectivity index (χ1) is 7.40. The Kier molecular flexibility index (Phi) is 3.22. The lowest BCUT2D eigenvalue weighted by molar-refractivity contribution is 0.923. The van der Waals surface area contributed by atoms with Crippen LogP contribution in [0.1, 0.15) is 19.8 Å². The van der Waals surface area contributed by atoms with E-state index >= 15 is 0 Å². The molecule has 1 aliphatic rings. The highest BCUT2D eigenvalue weighted by Gasteiger charge is 2.08. The van der Waals surface area contributed by atoms with Crippen molar-refractivity contribution in [1.29, 1.82) is 0 Å². The van der Waals surface area contributed by atoms with Crippen LogP contribution in [0.4, 0.5) is 11.4 Å². The van der Waals surface area contributed by atoms with Gasteiger partial charge in [-0.3, -0.25) is 4.99 Å². The zero-order valence-electron chi connectivity index (χ0n) is 9.09. The lowest BCUT2D eigenvalue weighted by Crippen LogP contribution is -2.12. The normalized spacial score (nSPS) is 17.5. The van der Waals surface area contributed by atoms with Crippen LogP contribution in [0.5, 0.6) is 0 Å². The molecule has 0 fully saturated rings. The number of anilines is 2. The Morgan fingerprint density at radius 2 is 2.07 bits per heavy atom. The van der Waals surface area contributed by atoms with Gasteiger partial charge in [-0.15, -0.1) is 0 Å². The van der Waals surface area contributed by atoms with Gasteiger partial charge < -0.3 is 10.6 Å². The molecule has 3 heteroatoms. The topological polar surface area (TPSA) is 36.4 Å². The zero-order chi connectivity index (χ0) is 10.5. The number of rotatable bonds is 2. The summed E-state index contributed by atoms with van der Waals surface area (Å²) in [5.74, 6) is 1.09. The number of hydrogen-bond acceptors (Lipinski definition) is 2. The Labute approximate surface area is 90.6 Å². The van der Waals surface area contributed by atoms with Crippen molar-refractivity contribution in [2.75, 3.05) is 23.7 Å². The molecular weight excluding hydrogens is 186 g/mol. The fraction of sp³-hybridized carbons (Fsp3) is 0.417. The van der Waals surface area contributed by atoms with Crippen LogP contribution in [-0.4, -0.2) is 18.9 Å². The molecule has 2 rings (SSSR count). The minimum absolute atomic E-state index is 0.907. The van der Waals surface area contributed by atoms with E-state index in [1.54, 1.807) is 0 Å². The van der Waals surface area contributed by atoms with E-state index in [-0.39, 0.29) is 0 Å². The summed E-state index contributed by atoms with van der Waals surface area (Å²) in [5.41, 5.74) is 2.30. The Hall–Kier alpha value is -1.51. The van der Waals surface area contributed by atoms with Crippen molar-refractivity contribution in [1.82, 2.24) is 0 Å². The summed E-state index contributed by atoms with van der Waals surface area (Å²) in [4.78, 5) is 4.53. The first-order valence-electron chi connectivity index (χ1n) is 5.53. The highest BCUT2D eigenvalue weighted by molar-refractivity contribution is 5.99. The van der Waals surface area contributed by atoms with Gasteiger partial charge in [0.1, 0.15) is 5.84 Å². The highest BCUT2D eigenvalue weighted by atomic mass is 15.0. The Morgan fingerprint density at radius 1 is 1.27 bits per heavy atom. The number of para-hydroxylation sites is 2. The summed E-state index contributed by atoms with van der Waals surface area (Å²) in [6.07, 6.45) is 2.06. The molecule has 0 saturated heterocycles. The van der Waals surface area contributed by atoms with Crippen LogP contribution in [-0.2, 0) is 0 Å². The molecule has 0 unspecified atom stereocenters. The fourth-order valence-corrected chi connectivity index (χ4v) is 1.65. The van der Waals surface area contributed by atoms with Crippen molar-refractivity contribution in [3.8, 4) is 0 Å². The predicted molar refractivity (Wildman–Crippen MR) is 65.8 cm³/mol. The van der Waals surface area contributed by atoms with E-state index in [0.29, 0.717) is 0 Å². The largest absolute Gasteiger partial charge is 0.383 e. The third-order valence-corrected chi connectivity index (χ3v) is 2.41. The number of amidine groups is 1. The molecule has 1 aromatic carbocycles. The molecule has 80 valence electrons. The molecule has 0 bridgehead atoms. The number of nitrogens with one attached hydrogen (secondary N) is 2. The van der Waals surface area contributed by atoms with Crippen molar-refractivity contribution in [3.63, 3.8) is 0 Å². The van der Waals surface area contributed by atoms with E-state index < -0.39 is 0 Å². The van der Waals surface area contributed by atoms with Gasteiger partial charge in [0.2, 0.25) is 0 Å². The van der Waals surface area contributed by atoms with Gasteiger partial charge in [0.25, 0.3) is 0 Å². The average Bonchev–Trinajstić information content (AvgIpc) is 2.47. The second-order valence-corrected chi connectivity index (χ2v) is 3.68. The molecule has 0 spiro atoms. The smallest absolute Gasteiger partial charge is 0.102 e. The Balaban J connectivity index is 2.17. The van der Waals surface area contributed by atoms with E-state index in [9.17, 15) is 0 Å². The van der Waals surface area contributed by atoms with Crippen LogP contribution >= 0.6 is 0 Å². The molecular formula is C12H17N3. The van der Waals surface area contributed by atoms with Crippen molar-refractivity contribution >= 4 is 17.2 Å². The quantitative estimate of drug-likeness (QED) is 0.775. The van der Waals surface area contributed by atoms with Gasteiger partial charge in [0.05, 0.1) is 11.4 Å². The molecule has 0 radical (unpaired) electrons. The summed E-state index contributed by atoms with van der Waals surface area (Å²) in [6, 6.07) is 8.25. The predicted octanol–water partition coefficient (Wildman–Crippen LogP) is 2.72. The Morgan fingerprint density at radius 3 is 2.87 bits per heavy atom. The molecule has 3 nitrogen and oxygen atoms in total. The van der Waals surface area contributed by atoms with Crippen molar-refractivity contribution < 1.29 is 0 Å². The maximum atomic E-state index is 4.53. The van der Waals surface area contributed by atoms with E-state index in [0.717, 1.165) is 37.5 Å². The molecule has 15 heavy (non-hydrogen) atoms. The fourth-order valence-electron chi connectivity index (χ4n) is 1.65. The van der Waals surface area contributed by atoms with Crippen molar-refractivity contribution in [2.45, 2.75) is 19.8 Å². The van der Waals surface area contributed by atoms with Crippen LogP contribution in [0.25, 0.3) is 0 Å². The van der Waals surface area contributed by atoms with Gasteiger partial charge in [-0.05, 0) is 18.6 Å². The number of hydrogen-bond donors (Lipinski definition) is 2. The molecule has 1 aromatic rings. The molecule has 1 aliphatic heterocycles. The van der Waals surface area contributed by atoms with E-state index in [4.69, 9.17) is 0 Å². The summed E-state index contributed by atoms with van der Waals surface area (Å²) in [7, 11) is 0. The second kappa shape index (κ2) is 4.82. The van der Waals surface area contributed by atoms with Crippen LogP contribution in [0, 0.1) is 0 Å². The van der Waals surface area contributed by atoms with E-state index in [2.05, 4.69) is 34.7 Å².